The molecule has 2 amide bonds. The Balaban J connectivity index is 2.17. The number of benzene rings is 2. The van der Waals surface area contributed by atoms with E-state index in [2.05, 4.69) is 5.32 Å². The molecule has 6 nitrogen and oxygen atoms in total. The van der Waals surface area contributed by atoms with Gasteiger partial charge in [0.15, 0.2) is 0 Å². The van der Waals surface area contributed by atoms with Gasteiger partial charge in [-0.15, -0.1) is 0 Å². The van der Waals surface area contributed by atoms with E-state index in [0.29, 0.717) is 5.02 Å². The second-order valence-electron chi connectivity index (χ2n) is 5.23. The summed E-state index contributed by atoms with van der Waals surface area (Å²) < 4.78 is 0.760. The standard InChI is InChI=1S/C16H9Cl4N3O3/c17-6-1-2-11(10(20)3-6)22-14(24)13-7-4-8(18)9(19)5-12(7)23(15(13)25)16(21)26/h1-5,25H,(H2,21,26)(H,22,24). The van der Waals surface area contributed by atoms with E-state index in [1.54, 1.807) is 0 Å². The largest absolute Gasteiger partial charge is 0.494 e. The number of hydrogen-bond donors (Lipinski definition) is 3. The number of nitrogens with two attached hydrogens (primary N) is 1. The number of primary amides is 1. The number of hydrogen-bond acceptors (Lipinski definition) is 3. The summed E-state index contributed by atoms with van der Waals surface area (Å²) in [6, 6.07) is 6.17. The van der Waals surface area contributed by atoms with Crippen molar-refractivity contribution in [3.8, 4) is 5.88 Å². The molecule has 0 saturated heterocycles. The fraction of sp³-hybridized carbons (Fsp3) is 0. The number of rotatable bonds is 2. The zero-order valence-corrected chi connectivity index (χ0v) is 15.7. The maximum atomic E-state index is 12.7. The number of aromatic hydroxyl groups is 1. The molecule has 1 aromatic heterocycles. The van der Waals surface area contributed by atoms with Crippen molar-refractivity contribution in [3.63, 3.8) is 0 Å². The van der Waals surface area contributed by atoms with E-state index in [9.17, 15) is 14.7 Å². The molecule has 4 N–H and O–H groups in total. The topological polar surface area (TPSA) is 97.3 Å². The monoisotopic (exact) mass is 431 g/mol. The number of nitrogens with zero attached hydrogens (tertiary/aromatic N) is 1. The predicted molar refractivity (Wildman–Crippen MR) is 103 cm³/mol. The van der Waals surface area contributed by atoms with Crippen LogP contribution < -0.4 is 11.1 Å². The number of nitrogens with one attached hydrogen (secondary N) is 1. The van der Waals surface area contributed by atoms with Gasteiger partial charge in [-0.05, 0) is 30.3 Å². The van der Waals surface area contributed by atoms with Crippen LogP contribution in [0.15, 0.2) is 30.3 Å². The molecular weight excluding hydrogens is 424 g/mol. The number of carbonyl (C=O) groups is 2. The summed E-state index contributed by atoms with van der Waals surface area (Å²) in [5.74, 6) is -1.37. The number of carbonyl (C=O) groups excluding carboxylic acids is 2. The number of amides is 2. The molecule has 0 radical (unpaired) electrons. The van der Waals surface area contributed by atoms with Crippen molar-refractivity contribution in [2.75, 3.05) is 5.32 Å². The number of aromatic nitrogens is 1. The Morgan fingerprint density at radius 3 is 2.27 bits per heavy atom. The van der Waals surface area contributed by atoms with Gasteiger partial charge in [0.05, 0.1) is 26.3 Å². The normalized spacial score (nSPS) is 10.9. The molecule has 0 saturated carbocycles. The van der Waals surface area contributed by atoms with Crippen LogP contribution in [-0.4, -0.2) is 21.6 Å². The lowest BCUT2D eigenvalue weighted by atomic mass is 10.1. The number of fused-ring (bicyclic) bond motifs is 1. The first kappa shape index (κ1) is 18.7. The van der Waals surface area contributed by atoms with Gasteiger partial charge in [0.2, 0.25) is 5.88 Å². The van der Waals surface area contributed by atoms with Gasteiger partial charge < -0.3 is 16.2 Å². The highest BCUT2D eigenvalue weighted by atomic mass is 35.5. The van der Waals surface area contributed by atoms with E-state index >= 15 is 0 Å². The van der Waals surface area contributed by atoms with E-state index < -0.39 is 17.8 Å². The third kappa shape index (κ3) is 3.17. The van der Waals surface area contributed by atoms with Crippen LogP contribution in [0.1, 0.15) is 10.4 Å². The van der Waals surface area contributed by atoms with Crippen LogP contribution in [0.2, 0.25) is 20.1 Å². The highest BCUT2D eigenvalue weighted by Gasteiger charge is 2.26. The first-order chi connectivity index (χ1) is 12.2. The van der Waals surface area contributed by atoms with Crippen LogP contribution >= 0.6 is 46.4 Å². The molecule has 26 heavy (non-hydrogen) atoms. The van der Waals surface area contributed by atoms with Gasteiger partial charge in [0.25, 0.3) is 5.91 Å². The molecule has 134 valence electrons. The summed E-state index contributed by atoms with van der Waals surface area (Å²) in [6.45, 7) is 0. The fourth-order valence-corrected chi connectivity index (χ4v) is 3.27. The van der Waals surface area contributed by atoms with Crippen molar-refractivity contribution in [2.24, 2.45) is 5.73 Å². The lowest BCUT2D eigenvalue weighted by Gasteiger charge is -2.07. The van der Waals surface area contributed by atoms with Crippen LogP contribution in [0.4, 0.5) is 10.5 Å². The van der Waals surface area contributed by atoms with Crippen molar-refractivity contribution in [1.82, 2.24) is 4.57 Å². The van der Waals surface area contributed by atoms with Crippen LogP contribution in [0.25, 0.3) is 10.9 Å². The van der Waals surface area contributed by atoms with E-state index in [1.165, 1.54) is 30.3 Å². The SMILES string of the molecule is NC(=O)n1c(O)c(C(=O)Nc2ccc(Cl)cc2Cl)c2cc(Cl)c(Cl)cc21. The smallest absolute Gasteiger partial charge is 0.326 e. The second kappa shape index (κ2) is 6.89. The summed E-state index contributed by atoms with van der Waals surface area (Å²) in [6.07, 6.45) is 0. The molecule has 10 heteroatoms. The zero-order chi connectivity index (χ0) is 19.2. The van der Waals surface area contributed by atoms with Gasteiger partial charge >= 0.3 is 6.03 Å². The molecule has 0 atom stereocenters. The first-order valence-corrected chi connectivity index (χ1v) is 8.50. The van der Waals surface area contributed by atoms with Crippen molar-refractivity contribution >= 4 is 74.9 Å². The summed E-state index contributed by atoms with van der Waals surface area (Å²) in [7, 11) is 0. The van der Waals surface area contributed by atoms with Gasteiger partial charge in [-0.1, -0.05) is 46.4 Å². The summed E-state index contributed by atoms with van der Waals surface area (Å²) in [4.78, 5) is 24.4. The molecule has 3 rings (SSSR count). The third-order valence-corrected chi connectivity index (χ3v) is 4.88. The van der Waals surface area contributed by atoms with E-state index in [4.69, 9.17) is 52.1 Å². The average molecular weight is 433 g/mol. The van der Waals surface area contributed by atoms with Crippen LogP contribution in [0.5, 0.6) is 5.88 Å². The van der Waals surface area contributed by atoms with Crippen molar-refractivity contribution in [2.45, 2.75) is 0 Å². The second-order valence-corrected chi connectivity index (χ2v) is 6.89. The van der Waals surface area contributed by atoms with Gasteiger partial charge in [-0.2, -0.15) is 0 Å². The molecule has 0 aliphatic rings. The molecule has 1 heterocycles. The quantitative estimate of drug-likeness (QED) is 0.522. The highest BCUT2D eigenvalue weighted by molar-refractivity contribution is 6.43. The van der Waals surface area contributed by atoms with Crippen molar-refractivity contribution in [3.05, 3.63) is 56.0 Å². The third-order valence-electron chi connectivity index (χ3n) is 3.61. The van der Waals surface area contributed by atoms with Crippen molar-refractivity contribution in [1.29, 1.82) is 0 Å². The summed E-state index contributed by atoms with van der Waals surface area (Å²) in [5, 5.41) is 14.0. The molecule has 0 aliphatic carbocycles. The Labute approximate surface area is 167 Å². The minimum Gasteiger partial charge on any atom is -0.494 e. The Morgan fingerprint density at radius 2 is 1.65 bits per heavy atom. The number of halogens is 4. The van der Waals surface area contributed by atoms with Crippen molar-refractivity contribution < 1.29 is 14.7 Å². The molecule has 0 aliphatic heterocycles. The Bertz CT molecular complexity index is 1080. The highest BCUT2D eigenvalue weighted by Crippen LogP contribution is 2.37. The maximum Gasteiger partial charge on any atom is 0.326 e. The molecule has 3 aromatic rings. The molecule has 0 bridgehead atoms. The minimum absolute atomic E-state index is 0.131. The number of anilines is 1. The van der Waals surface area contributed by atoms with Gasteiger partial charge in [0, 0.05) is 10.4 Å². The van der Waals surface area contributed by atoms with Crippen LogP contribution in [-0.2, 0) is 0 Å². The predicted octanol–water partition coefficient (Wildman–Crippen LogP) is 5.14. The summed E-state index contributed by atoms with van der Waals surface area (Å²) in [5.41, 5.74) is 5.49. The van der Waals surface area contributed by atoms with Crippen LogP contribution in [0, 0.1) is 0 Å². The summed E-state index contributed by atoms with van der Waals surface area (Å²) >= 11 is 23.8. The Morgan fingerprint density at radius 1 is 1.00 bits per heavy atom. The van der Waals surface area contributed by atoms with Gasteiger partial charge in [0.1, 0.15) is 5.56 Å². The minimum atomic E-state index is -0.991. The van der Waals surface area contributed by atoms with E-state index in [0.717, 1.165) is 4.57 Å². The maximum absolute atomic E-state index is 12.7. The zero-order valence-electron chi connectivity index (χ0n) is 12.7. The van der Waals surface area contributed by atoms with Gasteiger partial charge in [-0.25, -0.2) is 9.36 Å². The van der Waals surface area contributed by atoms with Gasteiger partial charge in [-0.3, -0.25) is 4.79 Å². The molecule has 0 spiro atoms. The average Bonchev–Trinajstić information content (AvgIpc) is 2.82. The molecular formula is C16H9Cl4N3O3. The lowest BCUT2D eigenvalue weighted by molar-refractivity contribution is 0.102. The molecule has 0 unspecified atom stereocenters. The fourth-order valence-electron chi connectivity index (χ4n) is 2.49. The molecule has 2 aromatic carbocycles. The van der Waals surface area contributed by atoms with E-state index in [-0.39, 0.29) is 37.2 Å². The van der Waals surface area contributed by atoms with E-state index in [1.807, 2.05) is 0 Å². The Kier molecular flexibility index (Phi) is 4.94. The first-order valence-electron chi connectivity index (χ1n) is 6.99. The van der Waals surface area contributed by atoms with Crippen LogP contribution in [0.3, 0.4) is 0 Å². The lowest BCUT2D eigenvalue weighted by Crippen LogP contribution is -2.19. The Hall–Kier alpha value is -2.12. The molecule has 0 fully saturated rings.